The van der Waals surface area contributed by atoms with Gasteiger partial charge in [-0.3, -0.25) is 4.99 Å². The molecule has 0 unspecified atom stereocenters. The molecule has 0 radical (unpaired) electrons. The number of hydrogen-bond acceptors (Lipinski definition) is 2. The standard InChI is InChI=1S/C28H24N4/c29-32-31-28(25-19-11-4-12-20-25)26(23-15-7-2-8-16-23)27(24-17-9-3-10-18-24)30-21-22-13-5-1-6-14-22/h1-21,26-28H/t26-,27-,28-/m0/s1. The average Bonchev–Trinajstić information content (AvgIpc) is 2.88. The number of aliphatic imine (C=N–C) groups is 1. The topological polar surface area (TPSA) is 61.1 Å². The first-order valence-corrected chi connectivity index (χ1v) is 10.6. The molecule has 4 rings (SSSR count). The molecule has 0 N–H and O–H groups in total. The summed E-state index contributed by atoms with van der Waals surface area (Å²) in [5, 5.41) is 4.28. The normalized spacial score (nSPS) is 13.8. The zero-order valence-corrected chi connectivity index (χ0v) is 17.6. The van der Waals surface area contributed by atoms with Crippen LogP contribution < -0.4 is 0 Å². The van der Waals surface area contributed by atoms with E-state index >= 15 is 0 Å². The van der Waals surface area contributed by atoms with Gasteiger partial charge >= 0.3 is 0 Å². The lowest BCUT2D eigenvalue weighted by molar-refractivity contribution is 0.470. The molecule has 0 aliphatic carbocycles. The molecule has 4 aromatic rings. The van der Waals surface area contributed by atoms with Gasteiger partial charge in [0.25, 0.3) is 0 Å². The van der Waals surface area contributed by atoms with Gasteiger partial charge in [-0.05, 0) is 27.8 Å². The van der Waals surface area contributed by atoms with Gasteiger partial charge in [0.15, 0.2) is 0 Å². The quantitative estimate of drug-likeness (QED) is 0.122. The third kappa shape index (κ3) is 5.12. The average molecular weight is 417 g/mol. The van der Waals surface area contributed by atoms with E-state index in [2.05, 4.69) is 34.3 Å². The van der Waals surface area contributed by atoms with E-state index in [1.165, 1.54) is 0 Å². The molecule has 0 spiro atoms. The van der Waals surface area contributed by atoms with Crippen LogP contribution in [0.3, 0.4) is 0 Å². The molecule has 0 bridgehead atoms. The van der Waals surface area contributed by atoms with E-state index < -0.39 is 6.04 Å². The van der Waals surface area contributed by atoms with Crippen LogP contribution in [0.25, 0.3) is 10.4 Å². The van der Waals surface area contributed by atoms with Gasteiger partial charge in [0.1, 0.15) is 0 Å². The van der Waals surface area contributed by atoms with E-state index in [0.29, 0.717) is 0 Å². The molecular formula is C28H24N4. The van der Waals surface area contributed by atoms with Crippen LogP contribution in [0.1, 0.15) is 40.3 Å². The second-order valence-corrected chi connectivity index (χ2v) is 7.54. The van der Waals surface area contributed by atoms with Crippen LogP contribution in [-0.2, 0) is 0 Å². The smallest absolute Gasteiger partial charge is 0.0824 e. The Morgan fingerprint density at radius 1 is 0.562 bits per heavy atom. The Morgan fingerprint density at radius 3 is 1.50 bits per heavy atom. The predicted octanol–water partition coefficient (Wildman–Crippen LogP) is 7.68. The van der Waals surface area contributed by atoms with Crippen LogP contribution in [0.2, 0.25) is 0 Å². The maximum Gasteiger partial charge on any atom is 0.0824 e. The Kier molecular flexibility index (Phi) is 7.10. The SMILES string of the molecule is [N-]=[N+]=N[C@@H](c1ccccc1)[C@@H](c1ccccc1)[C@@H](N=Cc1ccccc1)c1ccccc1. The van der Waals surface area contributed by atoms with Crippen molar-refractivity contribution in [3.05, 3.63) is 154 Å². The molecule has 3 atom stereocenters. The molecule has 0 aliphatic rings. The predicted molar refractivity (Wildman–Crippen MR) is 131 cm³/mol. The van der Waals surface area contributed by atoms with Gasteiger partial charge in [-0.15, -0.1) is 0 Å². The van der Waals surface area contributed by atoms with E-state index in [1.54, 1.807) is 0 Å². The van der Waals surface area contributed by atoms with Gasteiger partial charge in [-0.2, -0.15) is 0 Å². The first kappa shape index (κ1) is 21.1. The summed E-state index contributed by atoms with van der Waals surface area (Å²) in [4.78, 5) is 8.29. The summed E-state index contributed by atoms with van der Waals surface area (Å²) in [6, 6.07) is 39.8. The van der Waals surface area contributed by atoms with Crippen molar-refractivity contribution in [3.8, 4) is 0 Å². The Labute approximate surface area is 188 Å². The number of rotatable bonds is 8. The lowest BCUT2D eigenvalue weighted by Gasteiger charge is -2.30. The summed E-state index contributed by atoms with van der Waals surface area (Å²) in [5.74, 6) is -0.183. The number of nitrogens with zero attached hydrogens (tertiary/aromatic N) is 4. The summed E-state index contributed by atoms with van der Waals surface area (Å²) in [6.45, 7) is 0. The van der Waals surface area contributed by atoms with Crippen molar-refractivity contribution in [2.75, 3.05) is 0 Å². The van der Waals surface area contributed by atoms with Crippen molar-refractivity contribution in [1.29, 1.82) is 0 Å². The lowest BCUT2D eigenvalue weighted by atomic mass is 9.79. The highest BCUT2D eigenvalue weighted by atomic mass is 15.2. The summed E-state index contributed by atoms with van der Waals surface area (Å²) >= 11 is 0. The van der Waals surface area contributed by atoms with E-state index in [-0.39, 0.29) is 12.0 Å². The van der Waals surface area contributed by atoms with Crippen LogP contribution in [0.15, 0.2) is 131 Å². The van der Waals surface area contributed by atoms with E-state index in [0.717, 1.165) is 22.3 Å². The minimum atomic E-state index is -0.415. The largest absolute Gasteiger partial charge is 0.284 e. The summed E-state index contributed by atoms with van der Waals surface area (Å²) in [7, 11) is 0. The third-order valence-corrected chi connectivity index (χ3v) is 5.51. The van der Waals surface area contributed by atoms with Gasteiger partial charge < -0.3 is 0 Å². The van der Waals surface area contributed by atoms with Crippen molar-refractivity contribution in [1.82, 2.24) is 0 Å². The second kappa shape index (κ2) is 10.8. The van der Waals surface area contributed by atoms with Crippen LogP contribution in [-0.4, -0.2) is 6.21 Å². The first-order valence-electron chi connectivity index (χ1n) is 10.6. The molecule has 0 heterocycles. The maximum atomic E-state index is 9.47. The number of azide groups is 1. The fraction of sp³-hybridized carbons (Fsp3) is 0.107. The van der Waals surface area contributed by atoms with Crippen LogP contribution in [0, 0.1) is 0 Å². The van der Waals surface area contributed by atoms with E-state index in [4.69, 9.17) is 4.99 Å². The molecule has 4 heteroatoms. The van der Waals surface area contributed by atoms with Crippen molar-refractivity contribution in [2.45, 2.75) is 18.0 Å². The Hall–Kier alpha value is -4.14. The fourth-order valence-corrected chi connectivity index (χ4v) is 4.01. The van der Waals surface area contributed by atoms with Crippen LogP contribution >= 0.6 is 0 Å². The maximum absolute atomic E-state index is 9.47. The van der Waals surface area contributed by atoms with Crippen LogP contribution in [0.5, 0.6) is 0 Å². The minimum Gasteiger partial charge on any atom is -0.284 e. The van der Waals surface area contributed by atoms with Crippen molar-refractivity contribution < 1.29 is 0 Å². The second-order valence-electron chi connectivity index (χ2n) is 7.54. The van der Waals surface area contributed by atoms with Crippen molar-refractivity contribution >= 4 is 6.21 Å². The molecule has 0 fully saturated rings. The van der Waals surface area contributed by atoms with Gasteiger partial charge in [0.2, 0.25) is 0 Å². The molecule has 32 heavy (non-hydrogen) atoms. The number of hydrogen-bond donors (Lipinski definition) is 0. The van der Waals surface area contributed by atoms with Crippen molar-refractivity contribution in [3.63, 3.8) is 0 Å². The highest BCUT2D eigenvalue weighted by molar-refractivity contribution is 5.79. The molecular weight excluding hydrogens is 392 g/mol. The third-order valence-electron chi connectivity index (χ3n) is 5.51. The van der Waals surface area contributed by atoms with Crippen molar-refractivity contribution in [2.24, 2.45) is 10.1 Å². The van der Waals surface area contributed by atoms with Gasteiger partial charge in [-0.25, -0.2) is 0 Å². The molecule has 4 nitrogen and oxygen atoms in total. The molecule has 0 saturated carbocycles. The molecule has 0 aromatic heterocycles. The molecule has 0 saturated heterocycles. The first-order chi connectivity index (χ1) is 15.9. The Morgan fingerprint density at radius 2 is 1.00 bits per heavy atom. The number of benzene rings is 4. The summed E-state index contributed by atoms with van der Waals surface area (Å²) in [5.41, 5.74) is 13.6. The lowest BCUT2D eigenvalue weighted by Crippen LogP contribution is -2.17. The summed E-state index contributed by atoms with van der Waals surface area (Å²) < 4.78 is 0. The summed E-state index contributed by atoms with van der Waals surface area (Å²) in [6.07, 6.45) is 1.91. The minimum absolute atomic E-state index is 0.183. The molecule has 4 aromatic carbocycles. The van der Waals surface area contributed by atoms with E-state index in [9.17, 15) is 5.53 Å². The Bertz CT molecular complexity index is 1170. The molecule has 156 valence electrons. The highest BCUT2D eigenvalue weighted by Crippen LogP contribution is 2.45. The van der Waals surface area contributed by atoms with Gasteiger partial charge in [0.05, 0.1) is 12.1 Å². The zero-order chi connectivity index (χ0) is 22.0. The van der Waals surface area contributed by atoms with Gasteiger partial charge in [-0.1, -0.05) is 126 Å². The highest BCUT2D eigenvalue weighted by Gasteiger charge is 2.32. The Balaban J connectivity index is 1.88. The zero-order valence-electron chi connectivity index (χ0n) is 17.6. The molecule has 0 amide bonds. The fourth-order valence-electron chi connectivity index (χ4n) is 4.01. The molecule has 0 aliphatic heterocycles. The van der Waals surface area contributed by atoms with Crippen LogP contribution in [0.4, 0.5) is 0 Å². The monoisotopic (exact) mass is 416 g/mol. The van der Waals surface area contributed by atoms with E-state index in [1.807, 2.05) is 103 Å². The van der Waals surface area contributed by atoms with Gasteiger partial charge in [0, 0.05) is 17.0 Å².